The minimum atomic E-state index is -1.06. The van der Waals surface area contributed by atoms with E-state index in [0.29, 0.717) is 27.8 Å². The molecule has 3 N–H and O–H groups in total. The molecule has 3 aromatic rings. The molecule has 7 heteroatoms. The standard InChI is InChI=1S/C17H16N2O5/c1-8-3-4-13-11(5-8)10(7-15(22)24-13)12(6-14(20)21)16-9(2)18-19-17(16)23/h3-5,7,12H,6H2,1-2H3,(H,20,21)(H2,18,19,23). The van der Waals surface area contributed by atoms with Crippen LogP contribution in [0.1, 0.15) is 34.7 Å². The van der Waals surface area contributed by atoms with Gasteiger partial charge in [-0.2, -0.15) is 0 Å². The van der Waals surface area contributed by atoms with Crippen LogP contribution in [0.2, 0.25) is 0 Å². The van der Waals surface area contributed by atoms with Crippen molar-refractivity contribution in [1.29, 1.82) is 0 Å². The second-order valence-corrected chi connectivity index (χ2v) is 5.79. The van der Waals surface area contributed by atoms with Gasteiger partial charge >= 0.3 is 11.6 Å². The second kappa shape index (κ2) is 5.84. The zero-order valence-corrected chi connectivity index (χ0v) is 13.2. The molecule has 0 aliphatic rings. The second-order valence-electron chi connectivity index (χ2n) is 5.79. The number of carbonyl (C=O) groups is 1. The summed E-state index contributed by atoms with van der Waals surface area (Å²) >= 11 is 0. The van der Waals surface area contributed by atoms with Crippen molar-refractivity contribution in [3.63, 3.8) is 0 Å². The number of benzene rings is 1. The van der Waals surface area contributed by atoms with E-state index in [9.17, 15) is 19.5 Å². The topological polar surface area (TPSA) is 116 Å². The number of hydrogen-bond donors (Lipinski definition) is 3. The molecule has 124 valence electrons. The Hall–Kier alpha value is -3.09. The van der Waals surface area contributed by atoms with Gasteiger partial charge in [0.15, 0.2) is 0 Å². The van der Waals surface area contributed by atoms with Gasteiger partial charge < -0.3 is 14.6 Å². The number of H-pyrrole nitrogens is 2. The molecule has 0 radical (unpaired) electrons. The molecule has 0 fully saturated rings. The molecule has 3 rings (SSSR count). The first-order valence-electron chi connectivity index (χ1n) is 7.40. The quantitative estimate of drug-likeness (QED) is 0.634. The van der Waals surface area contributed by atoms with Crippen LogP contribution in [-0.4, -0.2) is 21.3 Å². The molecule has 1 unspecified atom stereocenters. The molecular formula is C17H16N2O5. The Morgan fingerprint density at radius 2 is 1.96 bits per heavy atom. The van der Waals surface area contributed by atoms with Gasteiger partial charge in [0.05, 0.1) is 6.42 Å². The van der Waals surface area contributed by atoms with Crippen LogP contribution in [0, 0.1) is 13.8 Å². The highest BCUT2D eigenvalue weighted by molar-refractivity contribution is 5.83. The van der Waals surface area contributed by atoms with Crippen LogP contribution in [0.15, 0.2) is 38.3 Å². The first-order valence-corrected chi connectivity index (χ1v) is 7.40. The molecule has 2 heterocycles. The molecule has 0 spiro atoms. The summed E-state index contributed by atoms with van der Waals surface area (Å²) < 4.78 is 5.19. The van der Waals surface area contributed by atoms with Gasteiger partial charge in [-0.15, -0.1) is 0 Å². The summed E-state index contributed by atoms with van der Waals surface area (Å²) in [4.78, 5) is 35.4. The number of carboxylic acid groups (broad SMARTS) is 1. The number of fused-ring (bicyclic) bond motifs is 1. The largest absolute Gasteiger partial charge is 0.481 e. The Balaban J connectivity index is 2.35. The highest BCUT2D eigenvalue weighted by Gasteiger charge is 2.26. The third kappa shape index (κ3) is 2.76. The highest BCUT2D eigenvalue weighted by Crippen LogP contribution is 2.32. The maximum atomic E-state index is 12.1. The van der Waals surface area contributed by atoms with Crippen LogP contribution in [-0.2, 0) is 4.79 Å². The van der Waals surface area contributed by atoms with E-state index in [0.717, 1.165) is 5.56 Å². The number of carboxylic acids is 1. The lowest BCUT2D eigenvalue weighted by Gasteiger charge is -2.16. The molecule has 0 amide bonds. The third-order valence-electron chi connectivity index (χ3n) is 4.04. The average molecular weight is 328 g/mol. The van der Waals surface area contributed by atoms with Crippen LogP contribution in [0.5, 0.6) is 0 Å². The molecule has 0 aliphatic carbocycles. The van der Waals surface area contributed by atoms with Crippen molar-refractivity contribution >= 4 is 16.9 Å². The van der Waals surface area contributed by atoms with Gasteiger partial charge in [-0.1, -0.05) is 11.6 Å². The maximum Gasteiger partial charge on any atom is 0.336 e. The van der Waals surface area contributed by atoms with E-state index in [1.54, 1.807) is 19.1 Å². The zero-order chi connectivity index (χ0) is 17.4. The van der Waals surface area contributed by atoms with Crippen LogP contribution < -0.4 is 11.2 Å². The zero-order valence-electron chi connectivity index (χ0n) is 13.2. The van der Waals surface area contributed by atoms with E-state index >= 15 is 0 Å². The van der Waals surface area contributed by atoms with Crippen LogP contribution >= 0.6 is 0 Å². The number of aromatic nitrogens is 2. The van der Waals surface area contributed by atoms with Crippen molar-refractivity contribution in [3.05, 3.63) is 67.4 Å². The number of aromatic amines is 2. The predicted molar refractivity (Wildman–Crippen MR) is 87.5 cm³/mol. The summed E-state index contributed by atoms with van der Waals surface area (Å²) in [6.07, 6.45) is -0.311. The summed E-state index contributed by atoms with van der Waals surface area (Å²) in [6, 6.07) is 6.55. The van der Waals surface area contributed by atoms with Gasteiger partial charge in [-0.25, -0.2) is 4.79 Å². The van der Waals surface area contributed by atoms with E-state index in [1.165, 1.54) is 6.07 Å². The Bertz CT molecular complexity index is 1040. The van der Waals surface area contributed by atoms with Crippen molar-refractivity contribution in [1.82, 2.24) is 10.2 Å². The Morgan fingerprint density at radius 1 is 1.21 bits per heavy atom. The van der Waals surface area contributed by atoms with E-state index in [4.69, 9.17) is 4.42 Å². The summed E-state index contributed by atoms with van der Waals surface area (Å²) in [6.45, 7) is 3.57. The SMILES string of the molecule is Cc1ccc2oc(=O)cc(C(CC(=O)O)c3c(C)[nH][nH]c3=O)c2c1. The fourth-order valence-electron chi connectivity index (χ4n) is 3.01. The van der Waals surface area contributed by atoms with E-state index in [2.05, 4.69) is 10.2 Å². The van der Waals surface area contributed by atoms with Crippen LogP contribution in [0.4, 0.5) is 0 Å². The minimum Gasteiger partial charge on any atom is -0.481 e. The fourth-order valence-corrected chi connectivity index (χ4v) is 3.01. The third-order valence-corrected chi connectivity index (χ3v) is 4.04. The Morgan fingerprint density at radius 3 is 2.58 bits per heavy atom. The number of aryl methyl sites for hydroxylation is 2. The molecule has 24 heavy (non-hydrogen) atoms. The van der Waals surface area contributed by atoms with Crippen molar-refractivity contribution in [2.75, 3.05) is 0 Å². The molecule has 0 saturated carbocycles. The number of rotatable bonds is 4. The molecule has 2 aromatic heterocycles. The summed E-state index contributed by atoms with van der Waals surface area (Å²) in [5, 5.41) is 15.1. The van der Waals surface area contributed by atoms with Gasteiger partial charge in [0.2, 0.25) is 0 Å². The minimum absolute atomic E-state index is 0.311. The lowest BCUT2D eigenvalue weighted by atomic mass is 9.87. The van der Waals surface area contributed by atoms with E-state index < -0.39 is 23.1 Å². The molecular weight excluding hydrogens is 312 g/mol. The summed E-state index contributed by atoms with van der Waals surface area (Å²) in [5.41, 5.74) is 1.65. The molecule has 7 nitrogen and oxygen atoms in total. The van der Waals surface area contributed by atoms with Crippen molar-refractivity contribution in [2.24, 2.45) is 0 Å². The lowest BCUT2D eigenvalue weighted by Crippen LogP contribution is -2.18. The fraction of sp³-hybridized carbons (Fsp3) is 0.235. The summed E-state index contributed by atoms with van der Waals surface area (Å²) in [7, 11) is 0. The van der Waals surface area contributed by atoms with E-state index in [-0.39, 0.29) is 6.42 Å². The van der Waals surface area contributed by atoms with Crippen LogP contribution in [0.3, 0.4) is 0 Å². The smallest absolute Gasteiger partial charge is 0.336 e. The van der Waals surface area contributed by atoms with Crippen molar-refractivity contribution in [3.8, 4) is 0 Å². The predicted octanol–water partition coefficient (Wildman–Crippen LogP) is 2.03. The van der Waals surface area contributed by atoms with Gasteiger partial charge in [0.1, 0.15) is 5.58 Å². The number of hydrogen-bond acceptors (Lipinski definition) is 4. The normalized spacial score (nSPS) is 12.4. The van der Waals surface area contributed by atoms with Gasteiger partial charge in [0, 0.05) is 28.6 Å². The lowest BCUT2D eigenvalue weighted by molar-refractivity contribution is -0.137. The monoisotopic (exact) mass is 328 g/mol. The highest BCUT2D eigenvalue weighted by atomic mass is 16.4. The van der Waals surface area contributed by atoms with Gasteiger partial charge in [0.25, 0.3) is 5.56 Å². The number of aliphatic carboxylic acids is 1. The molecule has 1 atom stereocenters. The summed E-state index contributed by atoms with van der Waals surface area (Å²) in [5.74, 6) is -1.82. The van der Waals surface area contributed by atoms with E-state index in [1.807, 2.05) is 13.0 Å². The van der Waals surface area contributed by atoms with Crippen molar-refractivity contribution in [2.45, 2.75) is 26.2 Å². The molecule has 0 bridgehead atoms. The average Bonchev–Trinajstić information content (AvgIpc) is 2.83. The van der Waals surface area contributed by atoms with Crippen LogP contribution in [0.25, 0.3) is 11.0 Å². The maximum absolute atomic E-state index is 12.1. The first kappa shape index (κ1) is 15.8. The molecule has 1 aromatic carbocycles. The molecule has 0 saturated heterocycles. The Labute approximate surface area is 135 Å². The Kier molecular flexibility index (Phi) is 3.84. The van der Waals surface area contributed by atoms with Gasteiger partial charge in [-0.05, 0) is 31.5 Å². The van der Waals surface area contributed by atoms with Gasteiger partial charge in [-0.3, -0.25) is 14.7 Å². The molecule has 0 aliphatic heterocycles. The van der Waals surface area contributed by atoms with Crippen molar-refractivity contribution < 1.29 is 14.3 Å². The first-order chi connectivity index (χ1) is 11.4. The number of nitrogens with one attached hydrogen (secondary N) is 2.